The molecule has 2 aromatic heterocycles. The van der Waals surface area contributed by atoms with E-state index in [1.807, 2.05) is 45.0 Å². The Morgan fingerprint density at radius 2 is 1.85 bits per heavy atom. The van der Waals surface area contributed by atoms with Crippen LogP contribution in [0.3, 0.4) is 0 Å². The van der Waals surface area contributed by atoms with Gasteiger partial charge in [0.25, 0.3) is 11.8 Å². The minimum atomic E-state index is -1.47. The average Bonchev–Trinajstić information content (AvgIpc) is 2.95. The van der Waals surface area contributed by atoms with Crippen LogP contribution in [0.2, 0.25) is 0 Å². The molecule has 34 heavy (non-hydrogen) atoms. The van der Waals surface area contributed by atoms with Crippen LogP contribution in [0.5, 0.6) is 11.5 Å². The van der Waals surface area contributed by atoms with Crippen molar-refractivity contribution >= 4 is 11.8 Å². The van der Waals surface area contributed by atoms with Gasteiger partial charge in [0.05, 0.1) is 12.7 Å². The van der Waals surface area contributed by atoms with Crippen LogP contribution in [0.1, 0.15) is 42.3 Å². The number of carbonyl (C=O) groups is 2. The molecular formula is C26H28N4O4. The van der Waals surface area contributed by atoms with Crippen LogP contribution in [0.25, 0.3) is 0 Å². The highest BCUT2D eigenvalue weighted by Crippen LogP contribution is 2.38. The van der Waals surface area contributed by atoms with Gasteiger partial charge in [0.2, 0.25) is 0 Å². The van der Waals surface area contributed by atoms with Crippen LogP contribution >= 0.6 is 0 Å². The maximum Gasteiger partial charge on any atom is 0.260 e. The van der Waals surface area contributed by atoms with Gasteiger partial charge in [-0.1, -0.05) is 18.2 Å². The second-order valence-electron chi connectivity index (χ2n) is 9.21. The number of ether oxygens (including phenoxy) is 2. The molecule has 0 saturated heterocycles. The van der Waals surface area contributed by atoms with Crippen LogP contribution in [0.4, 0.5) is 0 Å². The summed E-state index contributed by atoms with van der Waals surface area (Å²) in [6.07, 6.45) is 6.27. The Labute approximate surface area is 198 Å². The van der Waals surface area contributed by atoms with Crippen molar-refractivity contribution in [1.82, 2.24) is 20.2 Å². The second kappa shape index (κ2) is 9.13. The first-order valence-corrected chi connectivity index (χ1v) is 11.0. The maximum atomic E-state index is 14.0. The van der Waals surface area contributed by atoms with Crippen molar-refractivity contribution in [2.45, 2.75) is 38.4 Å². The summed E-state index contributed by atoms with van der Waals surface area (Å²) in [4.78, 5) is 38.0. The first-order valence-electron chi connectivity index (χ1n) is 11.0. The zero-order chi connectivity index (χ0) is 24.3. The third-order valence-corrected chi connectivity index (χ3v) is 5.66. The minimum absolute atomic E-state index is 0.0838. The average molecular weight is 461 g/mol. The van der Waals surface area contributed by atoms with E-state index in [-0.39, 0.29) is 25.0 Å². The van der Waals surface area contributed by atoms with E-state index in [0.29, 0.717) is 22.6 Å². The molecule has 176 valence electrons. The van der Waals surface area contributed by atoms with Crippen molar-refractivity contribution < 1.29 is 19.1 Å². The third-order valence-electron chi connectivity index (χ3n) is 5.66. The van der Waals surface area contributed by atoms with Crippen molar-refractivity contribution in [1.29, 1.82) is 0 Å². The fourth-order valence-electron chi connectivity index (χ4n) is 3.98. The van der Waals surface area contributed by atoms with E-state index in [4.69, 9.17) is 9.47 Å². The van der Waals surface area contributed by atoms with Gasteiger partial charge in [0.1, 0.15) is 18.1 Å². The summed E-state index contributed by atoms with van der Waals surface area (Å²) in [5, 5.41) is 3.06. The number of benzene rings is 1. The van der Waals surface area contributed by atoms with Gasteiger partial charge in [-0.3, -0.25) is 19.6 Å². The summed E-state index contributed by atoms with van der Waals surface area (Å²) >= 11 is 0. The number of pyridine rings is 2. The Morgan fingerprint density at radius 1 is 1.12 bits per heavy atom. The molecule has 0 bridgehead atoms. The summed E-state index contributed by atoms with van der Waals surface area (Å²) in [7, 11) is 1.60. The van der Waals surface area contributed by atoms with E-state index in [1.165, 1.54) is 6.20 Å². The molecule has 1 aliphatic rings. The molecular weight excluding hydrogens is 432 g/mol. The molecule has 1 atom stereocenters. The Bertz CT molecular complexity index is 1180. The fraction of sp³-hybridized carbons (Fsp3) is 0.308. The topological polar surface area (TPSA) is 93.6 Å². The number of fused-ring (bicyclic) bond motifs is 1. The van der Waals surface area contributed by atoms with Gasteiger partial charge in [-0.2, -0.15) is 0 Å². The number of amides is 2. The summed E-state index contributed by atoms with van der Waals surface area (Å²) in [6.45, 7) is 5.77. The number of nitrogens with one attached hydrogen (secondary N) is 1. The van der Waals surface area contributed by atoms with Gasteiger partial charge in [0.15, 0.2) is 5.54 Å². The third kappa shape index (κ3) is 4.44. The van der Waals surface area contributed by atoms with Crippen LogP contribution in [-0.2, 0) is 16.9 Å². The SMILES string of the molecule is COc1ccc(CN2C(=O)c3cnccc3OCC2(C(=O)NC(C)(C)C)c2cccnc2)cc1. The number of rotatable bonds is 5. The zero-order valence-electron chi connectivity index (χ0n) is 19.7. The molecule has 1 aromatic carbocycles. The lowest BCUT2D eigenvalue weighted by atomic mass is 9.86. The summed E-state index contributed by atoms with van der Waals surface area (Å²) in [6, 6.07) is 12.6. The van der Waals surface area contributed by atoms with Crippen LogP contribution in [0, 0.1) is 0 Å². The molecule has 0 radical (unpaired) electrons. The first kappa shape index (κ1) is 23.2. The van der Waals surface area contributed by atoms with Crippen LogP contribution in [-0.4, -0.2) is 45.9 Å². The van der Waals surface area contributed by atoms with Crippen molar-refractivity contribution in [2.24, 2.45) is 0 Å². The monoisotopic (exact) mass is 460 g/mol. The second-order valence-corrected chi connectivity index (χ2v) is 9.21. The smallest absolute Gasteiger partial charge is 0.260 e. The van der Waals surface area contributed by atoms with Crippen molar-refractivity contribution in [3.05, 3.63) is 83.9 Å². The standard InChI is InChI=1S/C26H28N4O4/c1-25(2,3)29-24(32)26(19-6-5-12-27-14-19)17-34-22-11-13-28-15-21(22)23(31)30(26)16-18-7-9-20(33-4)10-8-18/h5-15H,16-17H2,1-4H3,(H,29,32). The Kier molecular flexibility index (Phi) is 6.24. The normalized spacial score (nSPS) is 17.9. The highest BCUT2D eigenvalue weighted by atomic mass is 16.5. The number of aromatic nitrogens is 2. The highest BCUT2D eigenvalue weighted by molar-refractivity contribution is 6.02. The lowest BCUT2D eigenvalue weighted by Crippen LogP contribution is -2.62. The summed E-state index contributed by atoms with van der Waals surface area (Å²) in [5.41, 5.74) is -0.331. The Morgan fingerprint density at radius 3 is 2.50 bits per heavy atom. The molecule has 0 fully saturated rings. The molecule has 8 nitrogen and oxygen atoms in total. The zero-order valence-corrected chi connectivity index (χ0v) is 19.7. The van der Waals surface area contributed by atoms with E-state index in [1.54, 1.807) is 48.8 Å². The molecule has 3 aromatic rings. The van der Waals surface area contributed by atoms with E-state index >= 15 is 0 Å². The van der Waals surface area contributed by atoms with Crippen molar-refractivity contribution in [3.63, 3.8) is 0 Å². The summed E-state index contributed by atoms with van der Waals surface area (Å²) < 4.78 is 11.4. The molecule has 3 heterocycles. The highest BCUT2D eigenvalue weighted by Gasteiger charge is 2.52. The number of methoxy groups -OCH3 is 1. The van der Waals surface area contributed by atoms with Crippen molar-refractivity contribution in [3.8, 4) is 11.5 Å². The Hall–Kier alpha value is -3.94. The number of nitrogens with zero attached hydrogens (tertiary/aromatic N) is 3. The van der Waals surface area contributed by atoms with Gasteiger partial charge in [0, 0.05) is 42.4 Å². The number of hydrogen-bond acceptors (Lipinski definition) is 6. The quantitative estimate of drug-likeness (QED) is 0.628. The predicted octanol–water partition coefficient (Wildman–Crippen LogP) is 3.33. The Balaban J connectivity index is 1.91. The fourth-order valence-corrected chi connectivity index (χ4v) is 3.98. The molecule has 1 N–H and O–H groups in total. The first-order chi connectivity index (χ1) is 16.2. The molecule has 0 saturated carbocycles. The van der Waals surface area contributed by atoms with E-state index in [0.717, 1.165) is 5.56 Å². The minimum Gasteiger partial charge on any atom is -0.497 e. The maximum absolute atomic E-state index is 14.0. The molecule has 4 rings (SSSR count). The van der Waals surface area contributed by atoms with Crippen LogP contribution < -0.4 is 14.8 Å². The van der Waals surface area contributed by atoms with Gasteiger partial charge in [-0.05, 0) is 50.6 Å². The lowest BCUT2D eigenvalue weighted by molar-refractivity contribution is -0.136. The lowest BCUT2D eigenvalue weighted by Gasteiger charge is -2.42. The molecule has 1 unspecified atom stereocenters. The predicted molar refractivity (Wildman–Crippen MR) is 126 cm³/mol. The van der Waals surface area contributed by atoms with Gasteiger partial charge in [-0.25, -0.2) is 0 Å². The van der Waals surface area contributed by atoms with Gasteiger partial charge in [-0.15, -0.1) is 0 Å². The van der Waals surface area contributed by atoms with Gasteiger partial charge >= 0.3 is 0 Å². The molecule has 2 amide bonds. The number of carbonyl (C=O) groups excluding carboxylic acids is 2. The summed E-state index contributed by atoms with van der Waals surface area (Å²) in [5.74, 6) is 0.377. The van der Waals surface area contributed by atoms with Crippen LogP contribution in [0.15, 0.2) is 67.3 Å². The van der Waals surface area contributed by atoms with E-state index in [2.05, 4.69) is 15.3 Å². The van der Waals surface area contributed by atoms with Gasteiger partial charge < -0.3 is 19.7 Å². The number of hydrogen-bond donors (Lipinski definition) is 1. The molecule has 0 aliphatic carbocycles. The van der Waals surface area contributed by atoms with E-state index < -0.39 is 11.1 Å². The largest absolute Gasteiger partial charge is 0.497 e. The van der Waals surface area contributed by atoms with Crippen molar-refractivity contribution in [2.75, 3.05) is 13.7 Å². The molecule has 0 spiro atoms. The van der Waals surface area contributed by atoms with E-state index in [9.17, 15) is 9.59 Å². The molecule has 8 heteroatoms. The molecule has 1 aliphatic heterocycles.